The zero-order valence-electron chi connectivity index (χ0n) is 8.96. The summed E-state index contributed by atoms with van der Waals surface area (Å²) in [7, 11) is 0. The monoisotopic (exact) mass is 249 g/mol. The van der Waals surface area contributed by atoms with Crippen LogP contribution < -0.4 is 11.1 Å². The fraction of sp³-hybridized carbons (Fsp3) is 0. The van der Waals surface area contributed by atoms with Gasteiger partial charge in [0.2, 0.25) is 0 Å². The summed E-state index contributed by atoms with van der Waals surface area (Å²) in [6, 6.07) is 12.3. The number of pyridine rings is 1. The lowest BCUT2D eigenvalue weighted by atomic mass is 10.2. The lowest BCUT2D eigenvalue weighted by Crippen LogP contribution is -2.11. The highest BCUT2D eigenvalue weighted by Gasteiger charge is 2.04. The molecule has 1 amide bonds. The van der Waals surface area contributed by atoms with E-state index >= 15 is 0 Å². The SMILES string of the molecule is Cl.Nc1ccc(NC(=O)c2ccccc2)cn1. The fourth-order valence-electron chi connectivity index (χ4n) is 1.27. The van der Waals surface area contributed by atoms with Gasteiger partial charge < -0.3 is 11.1 Å². The summed E-state index contributed by atoms with van der Waals surface area (Å²) in [4.78, 5) is 15.6. The number of rotatable bonds is 2. The molecule has 0 aliphatic carbocycles. The molecule has 0 radical (unpaired) electrons. The summed E-state index contributed by atoms with van der Waals surface area (Å²) in [6.07, 6.45) is 1.52. The van der Waals surface area contributed by atoms with Crippen LogP contribution >= 0.6 is 12.4 Å². The van der Waals surface area contributed by atoms with Crippen LogP contribution in [0.2, 0.25) is 0 Å². The second kappa shape index (κ2) is 5.86. The van der Waals surface area contributed by atoms with Crippen LogP contribution in [0.5, 0.6) is 0 Å². The van der Waals surface area contributed by atoms with Gasteiger partial charge in [0.05, 0.1) is 11.9 Å². The molecule has 0 bridgehead atoms. The topological polar surface area (TPSA) is 68.0 Å². The molecule has 0 atom stereocenters. The number of halogens is 1. The lowest BCUT2D eigenvalue weighted by Gasteiger charge is -2.04. The van der Waals surface area contributed by atoms with Gasteiger partial charge >= 0.3 is 0 Å². The van der Waals surface area contributed by atoms with Crippen molar-refractivity contribution in [3.63, 3.8) is 0 Å². The van der Waals surface area contributed by atoms with E-state index in [1.807, 2.05) is 18.2 Å². The van der Waals surface area contributed by atoms with Crippen LogP contribution in [0, 0.1) is 0 Å². The molecule has 17 heavy (non-hydrogen) atoms. The van der Waals surface area contributed by atoms with Crippen molar-refractivity contribution in [2.75, 3.05) is 11.1 Å². The second-order valence-electron chi connectivity index (χ2n) is 3.29. The van der Waals surface area contributed by atoms with Gasteiger partial charge in [-0.1, -0.05) is 18.2 Å². The molecule has 0 unspecified atom stereocenters. The van der Waals surface area contributed by atoms with Gasteiger partial charge in [-0.15, -0.1) is 12.4 Å². The highest BCUT2D eigenvalue weighted by atomic mass is 35.5. The van der Waals surface area contributed by atoms with Gasteiger partial charge in [0.1, 0.15) is 5.82 Å². The van der Waals surface area contributed by atoms with Crippen LogP contribution in [0.25, 0.3) is 0 Å². The van der Waals surface area contributed by atoms with E-state index in [0.29, 0.717) is 17.1 Å². The molecule has 0 fully saturated rings. The molecule has 4 nitrogen and oxygen atoms in total. The van der Waals surface area contributed by atoms with Crippen molar-refractivity contribution in [1.29, 1.82) is 0 Å². The highest BCUT2D eigenvalue weighted by molar-refractivity contribution is 6.04. The number of hydrogen-bond acceptors (Lipinski definition) is 3. The minimum atomic E-state index is -0.160. The number of nitrogen functional groups attached to an aromatic ring is 1. The number of anilines is 2. The predicted octanol–water partition coefficient (Wildman–Crippen LogP) is 2.34. The van der Waals surface area contributed by atoms with E-state index in [0.717, 1.165) is 0 Å². The van der Waals surface area contributed by atoms with E-state index in [1.165, 1.54) is 6.20 Å². The summed E-state index contributed by atoms with van der Waals surface area (Å²) in [5.74, 6) is 0.268. The van der Waals surface area contributed by atoms with Crippen LogP contribution in [-0.2, 0) is 0 Å². The number of nitrogens with one attached hydrogen (secondary N) is 1. The van der Waals surface area contributed by atoms with Crippen LogP contribution in [-0.4, -0.2) is 10.9 Å². The molecule has 0 aliphatic rings. The molecule has 0 saturated carbocycles. The van der Waals surface area contributed by atoms with Crippen molar-refractivity contribution in [1.82, 2.24) is 4.98 Å². The summed E-state index contributed by atoms with van der Waals surface area (Å²) in [5, 5.41) is 2.73. The van der Waals surface area contributed by atoms with E-state index in [9.17, 15) is 4.79 Å². The van der Waals surface area contributed by atoms with E-state index in [1.54, 1.807) is 24.3 Å². The zero-order chi connectivity index (χ0) is 11.4. The Morgan fingerprint density at radius 1 is 1.12 bits per heavy atom. The molecule has 0 aliphatic heterocycles. The van der Waals surface area contributed by atoms with Crippen LogP contribution in [0.4, 0.5) is 11.5 Å². The molecular formula is C12H12ClN3O. The van der Waals surface area contributed by atoms with Crippen LogP contribution in [0.15, 0.2) is 48.7 Å². The molecular weight excluding hydrogens is 238 g/mol. The summed E-state index contributed by atoms with van der Waals surface area (Å²) < 4.78 is 0. The molecule has 3 N–H and O–H groups in total. The molecule has 0 spiro atoms. The summed E-state index contributed by atoms with van der Waals surface area (Å²) in [6.45, 7) is 0. The van der Waals surface area contributed by atoms with Crippen molar-refractivity contribution in [2.24, 2.45) is 0 Å². The van der Waals surface area contributed by atoms with E-state index in [-0.39, 0.29) is 18.3 Å². The smallest absolute Gasteiger partial charge is 0.255 e. The first-order valence-electron chi connectivity index (χ1n) is 4.83. The molecule has 2 aromatic rings. The Morgan fingerprint density at radius 2 is 1.82 bits per heavy atom. The third kappa shape index (κ3) is 3.46. The molecule has 1 heterocycles. The second-order valence-corrected chi connectivity index (χ2v) is 3.29. The number of nitrogens with zero attached hydrogens (tertiary/aromatic N) is 1. The molecule has 1 aromatic heterocycles. The van der Waals surface area contributed by atoms with Crippen molar-refractivity contribution in [3.05, 3.63) is 54.2 Å². The fourth-order valence-corrected chi connectivity index (χ4v) is 1.27. The first-order valence-corrected chi connectivity index (χ1v) is 4.83. The maximum atomic E-state index is 11.7. The van der Waals surface area contributed by atoms with Gasteiger partial charge in [-0.25, -0.2) is 4.98 Å². The minimum absolute atomic E-state index is 0. The number of hydrogen-bond donors (Lipinski definition) is 2. The molecule has 1 aromatic carbocycles. The van der Waals surface area contributed by atoms with Gasteiger partial charge in [-0.2, -0.15) is 0 Å². The Labute approximate surface area is 105 Å². The van der Waals surface area contributed by atoms with Gasteiger partial charge in [0, 0.05) is 5.56 Å². The summed E-state index contributed by atoms with van der Waals surface area (Å²) in [5.41, 5.74) is 6.68. The number of carbonyl (C=O) groups is 1. The third-order valence-corrected chi connectivity index (χ3v) is 2.08. The number of carbonyl (C=O) groups excluding carboxylic acids is 1. The molecule has 5 heteroatoms. The third-order valence-electron chi connectivity index (χ3n) is 2.08. The Hall–Kier alpha value is -2.07. The van der Waals surface area contributed by atoms with Gasteiger partial charge in [0.15, 0.2) is 0 Å². The molecule has 0 saturated heterocycles. The minimum Gasteiger partial charge on any atom is -0.384 e. The number of aromatic nitrogens is 1. The Bertz CT molecular complexity index is 485. The quantitative estimate of drug-likeness (QED) is 0.858. The Balaban J connectivity index is 0.00000144. The van der Waals surface area contributed by atoms with E-state index < -0.39 is 0 Å². The van der Waals surface area contributed by atoms with Gasteiger partial charge in [-0.3, -0.25) is 4.79 Å². The number of nitrogens with two attached hydrogens (primary N) is 1. The highest BCUT2D eigenvalue weighted by Crippen LogP contribution is 2.09. The lowest BCUT2D eigenvalue weighted by molar-refractivity contribution is 0.102. The average molecular weight is 250 g/mol. The van der Waals surface area contributed by atoms with Gasteiger partial charge in [-0.05, 0) is 24.3 Å². The first-order chi connectivity index (χ1) is 7.75. The average Bonchev–Trinajstić information content (AvgIpc) is 2.33. The molecule has 88 valence electrons. The first kappa shape index (κ1) is 13.0. The Kier molecular flexibility index (Phi) is 4.48. The Morgan fingerprint density at radius 3 is 2.41 bits per heavy atom. The standard InChI is InChI=1S/C12H11N3O.ClH/c13-11-7-6-10(8-14-11)15-12(16)9-4-2-1-3-5-9;/h1-8H,(H2,13,14)(H,15,16);1H. The number of amides is 1. The van der Waals surface area contributed by atoms with Crippen LogP contribution in [0.1, 0.15) is 10.4 Å². The van der Waals surface area contributed by atoms with E-state index in [2.05, 4.69) is 10.3 Å². The maximum Gasteiger partial charge on any atom is 0.255 e. The normalized spacial score (nSPS) is 9.18. The van der Waals surface area contributed by atoms with Crippen LogP contribution in [0.3, 0.4) is 0 Å². The van der Waals surface area contributed by atoms with Crippen molar-refractivity contribution < 1.29 is 4.79 Å². The van der Waals surface area contributed by atoms with Gasteiger partial charge in [0.25, 0.3) is 5.91 Å². The van der Waals surface area contributed by atoms with Crippen molar-refractivity contribution in [3.8, 4) is 0 Å². The molecule has 2 rings (SSSR count). The van der Waals surface area contributed by atoms with Crippen molar-refractivity contribution >= 4 is 29.8 Å². The largest absolute Gasteiger partial charge is 0.384 e. The predicted molar refractivity (Wildman–Crippen MR) is 70.3 cm³/mol. The van der Waals surface area contributed by atoms with E-state index in [4.69, 9.17) is 5.73 Å². The number of benzene rings is 1. The maximum absolute atomic E-state index is 11.7. The zero-order valence-corrected chi connectivity index (χ0v) is 9.78. The summed E-state index contributed by atoms with van der Waals surface area (Å²) >= 11 is 0. The van der Waals surface area contributed by atoms with Crippen molar-refractivity contribution in [2.45, 2.75) is 0 Å².